The zero-order chi connectivity index (χ0) is 20.3. The minimum absolute atomic E-state index is 0.186. The Morgan fingerprint density at radius 3 is 2.59 bits per heavy atom. The maximum Gasteiger partial charge on any atom is 0.227 e. The minimum Gasteiger partial charge on any atom is -0.493 e. The summed E-state index contributed by atoms with van der Waals surface area (Å²) in [6.07, 6.45) is 5.03. The lowest BCUT2D eigenvalue weighted by atomic mass is 9.88. The average Bonchev–Trinajstić information content (AvgIpc) is 2.75. The fourth-order valence-electron chi connectivity index (χ4n) is 4.81. The predicted octanol–water partition coefficient (Wildman–Crippen LogP) is 4.39. The number of quaternary nitrogens is 1. The van der Waals surface area contributed by atoms with Gasteiger partial charge in [0.25, 0.3) is 0 Å². The molecule has 0 N–H and O–H groups in total. The Labute approximate surface area is 174 Å². The van der Waals surface area contributed by atoms with Crippen molar-refractivity contribution in [2.75, 3.05) is 45.2 Å². The number of fused-ring (bicyclic) bond motifs is 1. The van der Waals surface area contributed by atoms with Gasteiger partial charge in [0.15, 0.2) is 0 Å². The van der Waals surface area contributed by atoms with Crippen molar-refractivity contribution in [3.05, 3.63) is 59.7 Å². The van der Waals surface area contributed by atoms with E-state index in [1.807, 2.05) is 19.2 Å². The number of ether oxygens (including phenoxy) is 1. The van der Waals surface area contributed by atoms with E-state index in [1.54, 1.807) is 4.90 Å². The number of rotatable bonds is 6. The van der Waals surface area contributed by atoms with Gasteiger partial charge in [-0.15, -0.1) is 0 Å². The molecule has 29 heavy (non-hydrogen) atoms. The van der Waals surface area contributed by atoms with Crippen molar-refractivity contribution in [2.24, 2.45) is 0 Å². The van der Waals surface area contributed by atoms with Gasteiger partial charge in [-0.05, 0) is 29.5 Å². The highest BCUT2D eigenvalue weighted by Crippen LogP contribution is 2.32. The second-order valence-electron chi connectivity index (χ2n) is 8.92. The number of anilines is 1. The summed E-state index contributed by atoms with van der Waals surface area (Å²) >= 11 is 0. The number of carbonyl (C=O) groups excluding carboxylic acids is 1. The molecule has 0 atom stereocenters. The van der Waals surface area contributed by atoms with Crippen LogP contribution < -0.4 is 9.64 Å². The number of amides is 1. The van der Waals surface area contributed by atoms with Crippen molar-refractivity contribution in [3.63, 3.8) is 0 Å². The number of piperidine rings is 1. The van der Waals surface area contributed by atoms with Crippen LogP contribution in [-0.2, 0) is 11.2 Å². The highest BCUT2D eigenvalue weighted by Gasteiger charge is 2.30. The molecular weight excluding hydrogens is 360 g/mol. The summed E-state index contributed by atoms with van der Waals surface area (Å²) in [6, 6.07) is 17.1. The van der Waals surface area contributed by atoms with E-state index in [0.29, 0.717) is 12.3 Å². The molecule has 1 amide bonds. The molecule has 2 aliphatic heterocycles. The summed E-state index contributed by atoms with van der Waals surface area (Å²) in [4.78, 5) is 13.7. The zero-order valence-corrected chi connectivity index (χ0v) is 17.8. The lowest BCUT2D eigenvalue weighted by Gasteiger charge is -2.40. The van der Waals surface area contributed by atoms with E-state index in [-0.39, 0.29) is 5.91 Å². The molecule has 2 aromatic rings. The Bertz CT molecular complexity index is 841. The molecule has 4 nitrogen and oxygen atoms in total. The Balaban J connectivity index is 1.24. The fourth-order valence-corrected chi connectivity index (χ4v) is 4.81. The van der Waals surface area contributed by atoms with Crippen LogP contribution in [-0.4, -0.2) is 50.7 Å². The molecule has 2 aromatic carbocycles. The first-order chi connectivity index (χ1) is 14.0. The summed E-state index contributed by atoms with van der Waals surface area (Å²) in [7, 11) is 4.24. The predicted molar refractivity (Wildman–Crippen MR) is 117 cm³/mol. The lowest BCUT2D eigenvalue weighted by Crippen LogP contribution is -2.50. The lowest BCUT2D eigenvalue weighted by molar-refractivity contribution is -0.914. The third kappa shape index (κ3) is 4.64. The molecule has 4 heteroatoms. The van der Waals surface area contributed by atoms with Gasteiger partial charge in [0, 0.05) is 38.8 Å². The maximum atomic E-state index is 11.9. The van der Waals surface area contributed by atoms with Gasteiger partial charge in [-0.3, -0.25) is 4.79 Å². The van der Waals surface area contributed by atoms with E-state index < -0.39 is 0 Å². The topological polar surface area (TPSA) is 29.5 Å². The smallest absolute Gasteiger partial charge is 0.227 e. The van der Waals surface area contributed by atoms with Crippen LogP contribution in [0.3, 0.4) is 0 Å². The molecule has 1 fully saturated rings. The molecule has 0 aromatic heterocycles. The first-order valence-electron chi connectivity index (χ1n) is 10.9. The van der Waals surface area contributed by atoms with Gasteiger partial charge in [-0.25, -0.2) is 0 Å². The minimum atomic E-state index is 0.186. The fraction of sp³-hybridized carbons (Fsp3) is 0.480. The number of benzene rings is 2. The number of hydrogen-bond donors (Lipinski definition) is 0. The van der Waals surface area contributed by atoms with Crippen molar-refractivity contribution in [3.8, 4) is 5.75 Å². The quantitative estimate of drug-likeness (QED) is 0.538. The SMILES string of the molecule is CN1C(=O)CCc2ccc(OCCC[N+]3(C)CCC(c4ccccc4)CC3)cc21. The van der Waals surface area contributed by atoms with E-state index in [4.69, 9.17) is 4.74 Å². The molecule has 0 saturated carbocycles. The molecular formula is C25H33N2O2+. The molecule has 1 saturated heterocycles. The summed E-state index contributed by atoms with van der Waals surface area (Å²) in [6.45, 7) is 4.37. The molecule has 2 heterocycles. The van der Waals surface area contributed by atoms with Crippen LogP contribution in [0.1, 0.15) is 42.7 Å². The molecule has 0 unspecified atom stereocenters. The van der Waals surface area contributed by atoms with Crippen LogP contribution in [0.25, 0.3) is 0 Å². The third-order valence-electron chi connectivity index (χ3n) is 6.82. The highest BCUT2D eigenvalue weighted by molar-refractivity contribution is 5.96. The van der Waals surface area contributed by atoms with Gasteiger partial charge in [-0.1, -0.05) is 36.4 Å². The van der Waals surface area contributed by atoms with Crippen LogP contribution in [0.4, 0.5) is 5.69 Å². The van der Waals surface area contributed by atoms with Crippen molar-refractivity contribution in [2.45, 2.75) is 38.0 Å². The Kier molecular flexibility index (Phi) is 5.91. The van der Waals surface area contributed by atoms with Crippen molar-refractivity contribution < 1.29 is 14.0 Å². The van der Waals surface area contributed by atoms with Gasteiger partial charge in [-0.2, -0.15) is 0 Å². The highest BCUT2D eigenvalue weighted by atomic mass is 16.5. The maximum absolute atomic E-state index is 11.9. The molecule has 0 spiro atoms. The van der Waals surface area contributed by atoms with Crippen LogP contribution >= 0.6 is 0 Å². The molecule has 4 rings (SSSR count). The van der Waals surface area contributed by atoms with Crippen molar-refractivity contribution in [1.82, 2.24) is 0 Å². The average molecular weight is 394 g/mol. The van der Waals surface area contributed by atoms with Crippen molar-refractivity contribution in [1.29, 1.82) is 0 Å². The van der Waals surface area contributed by atoms with Gasteiger partial charge in [0.1, 0.15) is 5.75 Å². The Morgan fingerprint density at radius 2 is 1.83 bits per heavy atom. The molecule has 0 aliphatic carbocycles. The van der Waals surface area contributed by atoms with E-state index in [9.17, 15) is 4.79 Å². The summed E-state index contributed by atoms with van der Waals surface area (Å²) in [5.74, 6) is 1.77. The normalized spacial score (nSPS) is 24.3. The summed E-state index contributed by atoms with van der Waals surface area (Å²) in [5, 5.41) is 0. The summed E-state index contributed by atoms with van der Waals surface area (Å²) in [5.41, 5.74) is 3.73. The molecule has 0 radical (unpaired) electrons. The number of nitrogens with zero attached hydrogens (tertiary/aromatic N) is 2. The first kappa shape index (κ1) is 20.0. The number of hydrogen-bond acceptors (Lipinski definition) is 2. The summed E-state index contributed by atoms with van der Waals surface area (Å²) < 4.78 is 7.18. The standard InChI is InChI=1S/C25H33N2O2/c1-26-24-19-23(11-9-22(24)10-12-25(26)28)29-18-6-15-27(2)16-13-21(14-17-27)20-7-4-3-5-8-20/h3-5,7-9,11,19,21H,6,10,12-18H2,1-2H3/q+1. The second-order valence-corrected chi connectivity index (χ2v) is 8.92. The van der Waals surface area contributed by atoms with Crippen LogP contribution in [0, 0.1) is 0 Å². The van der Waals surface area contributed by atoms with E-state index in [0.717, 1.165) is 41.9 Å². The first-order valence-corrected chi connectivity index (χ1v) is 10.9. The van der Waals surface area contributed by atoms with Gasteiger partial charge in [0.2, 0.25) is 5.91 Å². The van der Waals surface area contributed by atoms with E-state index in [1.165, 1.54) is 37.1 Å². The zero-order valence-electron chi connectivity index (χ0n) is 17.8. The molecule has 2 aliphatic rings. The molecule has 0 bridgehead atoms. The largest absolute Gasteiger partial charge is 0.493 e. The Hall–Kier alpha value is -2.33. The van der Waals surface area contributed by atoms with Crippen molar-refractivity contribution >= 4 is 11.6 Å². The Morgan fingerprint density at radius 1 is 1.07 bits per heavy atom. The molecule has 154 valence electrons. The third-order valence-corrected chi connectivity index (χ3v) is 6.82. The monoisotopic (exact) mass is 393 g/mol. The second kappa shape index (κ2) is 8.58. The van der Waals surface area contributed by atoms with E-state index >= 15 is 0 Å². The number of aryl methyl sites for hydroxylation is 1. The van der Waals surface area contributed by atoms with Crippen LogP contribution in [0.15, 0.2) is 48.5 Å². The van der Waals surface area contributed by atoms with Crippen LogP contribution in [0.5, 0.6) is 5.75 Å². The van der Waals surface area contributed by atoms with Crippen LogP contribution in [0.2, 0.25) is 0 Å². The number of carbonyl (C=O) groups is 1. The number of likely N-dealkylation sites (tertiary alicyclic amines) is 1. The van der Waals surface area contributed by atoms with E-state index in [2.05, 4.69) is 43.4 Å². The van der Waals surface area contributed by atoms with Gasteiger partial charge < -0.3 is 14.1 Å². The van der Waals surface area contributed by atoms with Gasteiger partial charge in [0.05, 0.1) is 39.0 Å². The van der Waals surface area contributed by atoms with Gasteiger partial charge >= 0.3 is 0 Å².